The van der Waals surface area contributed by atoms with E-state index in [9.17, 15) is 9.18 Å². The summed E-state index contributed by atoms with van der Waals surface area (Å²) in [5, 5.41) is 2.85. The molecule has 1 heterocycles. The Balaban J connectivity index is 2.21. The lowest BCUT2D eigenvalue weighted by Gasteiger charge is -2.04. The molecule has 0 radical (unpaired) electrons. The Morgan fingerprint density at radius 1 is 1.39 bits per heavy atom. The summed E-state index contributed by atoms with van der Waals surface area (Å²) in [4.78, 5) is 12.5. The smallest absolute Gasteiger partial charge is 0.265 e. The zero-order chi connectivity index (χ0) is 13.3. The molecule has 2 nitrogen and oxygen atoms in total. The Bertz CT molecular complexity index is 574. The van der Waals surface area contributed by atoms with Crippen LogP contribution >= 0.6 is 38.9 Å². The Labute approximate surface area is 121 Å². The Kier molecular flexibility index (Phi) is 4.04. The van der Waals surface area contributed by atoms with Crippen LogP contribution in [0.5, 0.6) is 0 Å². The highest BCUT2D eigenvalue weighted by Crippen LogP contribution is 2.28. The number of rotatable bonds is 2. The van der Waals surface area contributed by atoms with Crippen LogP contribution in [0.25, 0.3) is 0 Å². The average Bonchev–Trinajstić information content (AvgIpc) is 2.57. The summed E-state index contributed by atoms with van der Waals surface area (Å²) in [6, 6.07) is 5.67. The number of carbonyl (C=O) groups is 1. The fraction of sp³-hybridized carbons (Fsp3) is 0.0833. The molecule has 0 saturated heterocycles. The molecule has 1 N–H and O–H groups in total. The molecule has 0 saturated carbocycles. The summed E-state index contributed by atoms with van der Waals surface area (Å²) in [7, 11) is 0. The summed E-state index contributed by atoms with van der Waals surface area (Å²) in [6.07, 6.45) is 0. The maximum atomic E-state index is 13.1. The van der Waals surface area contributed by atoms with E-state index in [1.807, 2.05) is 6.92 Å². The summed E-state index contributed by atoms with van der Waals surface area (Å²) in [5.74, 6) is -0.767. The monoisotopic (exact) mass is 347 g/mol. The number of aryl methyl sites for hydroxylation is 1. The van der Waals surface area contributed by atoms with Crippen molar-refractivity contribution in [1.29, 1.82) is 0 Å². The molecule has 0 aliphatic rings. The topological polar surface area (TPSA) is 29.1 Å². The fourth-order valence-electron chi connectivity index (χ4n) is 1.39. The van der Waals surface area contributed by atoms with E-state index < -0.39 is 5.82 Å². The minimum Gasteiger partial charge on any atom is -0.321 e. The molecule has 1 aromatic heterocycles. The van der Waals surface area contributed by atoms with E-state index >= 15 is 0 Å². The first-order valence-corrected chi connectivity index (χ1v) is 6.98. The molecule has 2 aromatic rings. The number of amides is 1. The molecule has 18 heavy (non-hydrogen) atoms. The summed E-state index contributed by atoms with van der Waals surface area (Å²) >= 11 is 10.4. The van der Waals surface area contributed by atoms with Gasteiger partial charge < -0.3 is 5.32 Å². The van der Waals surface area contributed by atoms with E-state index in [0.717, 1.165) is 9.35 Å². The van der Waals surface area contributed by atoms with E-state index in [0.29, 0.717) is 10.6 Å². The maximum absolute atomic E-state index is 13.1. The van der Waals surface area contributed by atoms with Crippen LogP contribution < -0.4 is 5.32 Å². The quantitative estimate of drug-likeness (QED) is 0.824. The van der Waals surface area contributed by atoms with Gasteiger partial charge in [-0.1, -0.05) is 11.6 Å². The zero-order valence-corrected chi connectivity index (χ0v) is 12.4. The third-order valence-electron chi connectivity index (χ3n) is 2.20. The van der Waals surface area contributed by atoms with Crippen LogP contribution in [-0.2, 0) is 0 Å². The molecule has 0 spiro atoms. The molecule has 0 atom stereocenters. The van der Waals surface area contributed by atoms with Gasteiger partial charge in [0.2, 0.25) is 0 Å². The van der Waals surface area contributed by atoms with Crippen molar-refractivity contribution in [2.45, 2.75) is 6.92 Å². The highest BCUT2D eigenvalue weighted by molar-refractivity contribution is 9.11. The third kappa shape index (κ3) is 3.10. The number of carbonyl (C=O) groups excluding carboxylic acids is 1. The van der Waals surface area contributed by atoms with E-state index in [1.165, 1.54) is 29.5 Å². The number of hydrogen-bond acceptors (Lipinski definition) is 2. The highest BCUT2D eigenvalue weighted by Gasteiger charge is 2.12. The van der Waals surface area contributed by atoms with Gasteiger partial charge in [0.15, 0.2) is 0 Å². The van der Waals surface area contributed by atoms with Crippen molar-refractivity contribution >= 4 is 50.5 Å². The number of halogens is 3. The predicted octanol–water partition coefficient (Wildman–Crippen LogP) is 4.86. The van der Waals surface area contributed by atoms with E-state index in [4.69, 9.17) is 11.6 Å². The van der Waals surface area contributed by atoms with Crippen LogP contribution in [0.3, 0.4) is 0 Å². The lowest BCUT2D eigenvalue weighted by atomic mass is 10.3. The number of hydrogen-bond donors (Lipinski definition) is 1. The molecule has 0 bridgehead atoms. The van der Waals surface area contributed by atoms with Gasteiger partial charge in [0.25, 0.3) is 5.91 Å². The Hall–Kier alpha value is -0.910. The molecule has 0 unspecified atom stereocenters. The number of benzene rings is 1. The van der Waals surface area contributed by atoms with Gasteiger partial charge in [-0.3, -0.25) is 4.79 Å². The van der Waals surface area contributed by atoms with Gasteiger partial charge in [-0.25, -0.2) is 4.39 Å². The highest BCUT2D eigenvalue weighted by atomic mass is 79.9. The molecule has 0 aliphatic heterocycles. The first-order valence-electron chi connectivity index (χ1n) is 4.99. The fourth-order valence-corrected chi connectivity index (χ4v) is 3.04. The lowest BCUT2D eigenvalue weighted by molar-refractivity contribution is 0.103. The van der Waals surface area contributed by atoms with Gasteiger partial charge in [-0.2, -0.15) is 0 Å². The SMILES string of the molecule is Cc1cc(C(=O)Nc2cc(F)cc(Cl)c2)sc1Br. The van der Waals surface area contributed by atoms with Gasteiger partial charge in [0.1, 0.15) is 5.82 Å². The van der Waals surface area contributed by atoms with Crippen LogP contribution in [0.1, 0.15) is 15.2 Å². The molecule has 1 aromatic carbocycles. The number of anilines is 1. The van der Waals surface area contributed by atoms with Crippen molar-refractivity contribution in [1.82, 2.24) is 0 Å². The molecule has 1 amide bonds. The van der Waals surface area contributed by atoms with Crippen LogP contribution in [-0.4, -0.2) is 5.91 Å². The van der Waals surface area contributed by atoms with E-state index in [2.05, 4.69) is 21.2 Å². The summed E-state index contributed by atoms with van der Waals surface area (Å²) < 4.78 is 14.0. The Morgan fingerprint density at radius 2 is 2.11 bits per heavy atom. The van der Waals surface area contributed by atoms with Crippen molar-refractivity contribution in [3.63, 3.8) is 0 Å². The largest absolute Gasteiger partial charge is 0.321 e. The first kappa shape index (κ1) is 13.5. The molecule has 0 fully saturated rings. The number of nitrogens with one attached hydrogen (secondary N) is 1. The average molecular weight is 349 g/mol. The van der Waals surface area contributed by atoms with E-state index in [1.54, 1.807) is 6.07 Å². The third-order valence-corrected chi connectivity index (χ3v) is 4.56. The lowest BCUT2D eigenvalue weighted by Crippen LogP contribution is -2.10. The minimum atomic E-state index is -0.485. The van der Waals surface area contributed by atoms with E-state index in [-0.39, 0.29) is 10.9 Å². The van der Waals surface area contributed by atoms with Gasteiger partial charge in [-0.15, -0.1) is 11.3 Å². The molecule has 6 heteroatoms. The van der Waals surface area contributed by atoms with Crippen molar-refractivity contribution in [2.75, 3.05) is 5.32 Å². The van der Waals surface area contributed by atoms with Gasteiger partial charge in [0, 0.05) is 10.7 Å². The minimum absolute atomic E-state index is 0.244. The maximum Gasteiger partial charge on any atom is 0.265 e. The molecular formula is C12H8BrClFNOS. The van der Waals surface area contributed by atoms with Crippen LogP contribution in [0, 0.1) is 12.7 Å². The van der Waals surface area contributed by atoms with Gasteiger partial charge in [-0.05, 0) is 52.7 Å². The second-order valence-electron chi connectivity index (χ2n) is 3.68. The normalized spacial score (nSPS) is 10.4. The Morgan fingerprint density at radius 3 is 2.67 bits per heavy atom. The summed E-state index contributed by atoms with van der Waals surface area (Å²) in [6.45, 7) is 1.90. The van der Waals surface area contributed by atoms with Crippen LogP contribution in [0.15, 0.2) is 28.1 Å². The molecular weight excluding hydrogens is 341 g/mol. The van der Waals surface area contributed by atoms with Crippen LogP contribution in [0.4, 0.5) is 10.1 Å². The van der Waals surface area contributed by atoms with Gasteiger partial charge in [0.05, 0.1) is 8.66 Å². The second kappa shape index (κ2) is 5.38. The molecule has 0 aliphatic carbocycles. The molecule has 94 valence electrons. The van der Waals surface area contributed by atoms with Crippen LogP contribution in [0.2, 0.25) is 5.02 Å². The van der Waals surface area contributed by atoms with Crippen molar-refractivity contribution in [2.24, 2.45) is 0 Å². The first-order chi connectivity index (χ1) is 8.45. The van der Waals surface area contributed by atoms with Crippen molar-refractivity contribution in [3.05, 3.63) is 49.3 Å². The zero-order valence-electron chi connectivity index (χ0n) is 9.26. The van der Waals surface area contributed by atoms with Gasteiger partial charge >= 0.3 is 0 Å². The van der Waals surface area contributed by atoms with Crippen molar-refractivity contribution in [3.8, 4) is 0 Å². The standard InChI is InChI=1S/C12H8BrClFNOS/c1-6-2-10(18-11(6)13)12(17)16-9-4-7(14)3-8(15)5-9/h2-5H,1H3,(H,16,17). The number of thiophene rings is 1. The predicted molar refractivity (Wildman–Crippen MR) is 76.1 cm³/mol. The summed E-state index contributed by atoms with van der Waals surface area (Å²) in [5.41, 5.74) is 1.33. The van der Waals surface area contributed by atoms with Crippen molar-refractivity contribution < 1.29 is 9.18 Å². The second-order valence-corrected chi connectivity index (χ2v) is 6.49. The molecule has 2 rings (SSSR count).